The van der Waals surface area contributed by atoms with Gasteiger partial charge in [0.2, 0.25) is 11.8 Å². The van der Waals surface area contributed by atoms with Crippen LogP contribution in [0.2, 0.25) is 0 Å². The number of anilines is 1. The number of likely N-dealkylation sites (N-methyl/N-ethyl adjacent to an activating group) is 1. The first-order valence-electron chi connectivity index (χ1n) is 21.4. The predicted molar refractivity (Wildman–Crippen MR) is 216 cm³/mol. The zero-order valence-electron chi connectivity index (χ0n) is 36.6. The van der Waals surface area contributed by atoms with E-state index >= 15 is 0 Å². The van der Waals surface area contributed by atoms with Crippen LogP contribution in [0.5, 0.6) is 0 Å². The van der Waals surface area contributed by atoms with E-state index in [9.17, 15) is 39.0 Å². The molecule has 5 saturated carbocycles. The van der Waals surface area contributed by atoms with E-state index in [1.807, 2.05) is 0 Å². The fraction of sp³-hybridized carbons (Fsp3) is 0.727. The minimum Gasteiger partial charge on any atom is -0.481 e. The lowest BCUT2D eigenvalue weighted by atomic mass is 9.42. The number of aliphatic carboxylic acids is 3. The molecule has 2 aliphatic heterocycles. The molecule has 0 radical (unpaired) electrons. The fourth-order valence-corrected chi connectivity index (χ4v) is 14.0. The van der Waals surface area contributed by atoms with Gasteiger partial charge in [-0.3, -0.25) is 24.1 Å². The molecule has 348 valence electrons. The third-order valence-electron chi connectivity index (χ3n) is 16.1. The van der Waals surface area contributed by atoms with Crippen LogP contribution in [0.4, 0.5) is 5.69 Å². The smallest absolute Gasteiger partial charge is 0.340 e. The Morgan fingerprint density at radius 3 is 2.10 bits per heavy atom. The first-order chi connectivity index (χ1) is 29.5. The van der Waals surface area contributed by atoms with Crippen molar-refractivity contribution >= 4 is 41.4 Å². The number of fused-ring (bicyclic) bond motifs is 2. The number of rotatable bonds is 14. The van der Waals surface area contributed by atoms with E-state index in [0.29, 0.717) is 25.9 Å². The van der Waals surface area contributed by atoms with E-state index in [1.54, 1.807) is 66.6 Å². The number of nitrogens with zero attached hydrogens (tertiary/aromatic N) is 2. The molecule has 0 aromatic heterocycles. The van der Waals surface area contributed by atoms with E-state index in [2.05, 4.69) is 11.8 Å². The molecular weight excluding hydrogens is 828 g/mol. The third-order valence-corrected chi connectivity index (χ3v) is 16.1. The maximum Gasteiger partial charge on any atom is 0.340 e. The summed E-state index contributed by atoms with van der Waals surface area (Å²) in [5, 5.41) is 60.4. The quantitative estimate of drug-likeness (QED) is 0.113. The van der Waals surface area contributed by atoms with Crippen LogP contribution in [-0.4, -0.2) is 167 Å². The van der Waals surface area contributed by atoms with Crippen LogP contribution in [0, 0.1) is 39.9 Å². The van der Waals surface area contributed by atoms with Crippen molar-refractivity contribution in [2.45, 2.75) is 113 Å². The Kier molecular flexibility index (Phi) is 12.0. The number of carbonyl (C=O) groups excluding carboxylic acids is 3. The minimum absolute atomic E-state index is 0.0310. The molecule has 2 saturated heterocycles. The maximum absolute atomic E-state index is 14.1. The van der Waals surface area contributed by atoms with Crippen LogP contribution in [0.3, 0.4) is 0 Å². The standard InChI is InChI=1S/C38H52N2O10.C6H8O7/c1-8-39-18-35(19-50-31(42)20-11-9-10-12-23(20)40-26(41)17-34(2,3)33(40)43)14-13-25(47-5)37-22-15-21-24(46-4)16-36(44,27(22)28(21)48-6)38(45,32(37)39)30(49-7)29(35)37;7-3(8)1-6(13,5(11)12)2-4(9)10/h9-12,21-22,24-25,27-30,32,44-45H,8,13-19H2,1-7H3;13H,1-2H2,(H,7,8)(H,9,10)(H,11,12)/t21-,22-,24+,25+,27-,28+,29?,30?,32?,35-,36-,37+,38+;/m1./s1. The van der Waals surface area contributed by atoms with Crippen LogP contribution in [0.1, 0.15) is 76.1 Å². The molecule has 7 fully saturated rings. The highest BCUT2D eigenvalue weighted by Crippen LogP contribution is 2.80. The minimum atomic E-state index is -2.74. The molecule has 19 nitrogen and oxygen atoms in total. The molecule has 5 aliphatic carbocycles. The Morgan fingerprint density at radius 1 is 0.921 bits per heavy atom. The van der Waals surface area contributed by atoms with E-state index in [0.717, 1.165) is 11.3 Å². The highest BCUT2D eigenvalue weighted by atomic mass is 16.5. The van der Waals surface area contributed by atoms with Crippen molar-refractivity contribution in [3.63, 3.8) is 0 Å². The summed E-state index contributed by atoms with van der Waals surface area (Å²) >= 11 is 0. The van der Waals surface area contributed by atoms with Gasteiger partial charge in [0.1, 0.15) is 11.2 Å². The number of methoxy groups -OCH3 is 4. The van der Waals surface area contributed by atoms with Gasteiger partial charge in [-0.25, -0.2) is 14.5 Å². The summed E-state index contributed by atoms with van der Waals surface area (Å²) in [6, 6.07) is 6.13. The lowest BCUT2D eigenvalue weighted by molar-refractivity contribution is -0.320. The molecular formula is C44H60N2O17. The molecule has 63 heavy (non-hydrogen) atoms. The number of benzene rings is 1. The van der Waals surface area contributed by atoms with Gasteiger partial charge in [0.25, 0.3) is 0 Å². The number of imide groups is 1. The van der Waals surface area contributed by atoms with E-state index in [-0.39, 0.29) is 84.5 Å². The number of amides is 2. The molecule has 6 N–H and O–H groups in total. The van der Waals surface area contributed by atoms with Gasteiger partial charge in [0.15, 0.2) is 5.60 Å². The van der Waals surface area contributed by atoms with Crippen molar-refractivity contribution in [2.24, 2.45) is 39.9 Å². The summed E-state index contributed by atoms with van der Waals surface area (Å²) in [6.07, 6.45) is -1.53. The van der Waals surface area contributed by atoms with Gasteiger partial charge >= 0.3 is 23.9 Å². The van der Waals surface area contributed by atoms with Gasteiger partial charge in [-0.2, -0.15) is 0 Å². The second-order valence-electron chi connectivity index (χ2n) is 19.4. The number of ether oxygens (including phenoxy) is 5. The van der Waals surface area contributed by atoms with Gasteiger partial charge in [-0.1, -0.05) is 32.9 Å². The van der Waals surface area contributed by atoms with Crippen LogP contribution in [0.25, 0.3) is 0 Å². The number of para-hydroxylation sites is 1. The zero-order valence-corrected chi connectivity index (χ0v) is 36.6. The number of piperidine rings is 1. The predicted octanol–water partition coefficient (Wildman–Crippen LogP) is 1.18. The van der Waals surface area contributed by atoms with Gasteiger partial charge < -0.3 is 54.3 Å². The van der Waals surface area contributed by atoms with Crippen LogP contribution < -0.4 is 4.90 Å². The molecule has 19 heteroatoms. The molecule has 8 rings (SSSR count). The summed E-state index contributed by atoms with van der Waals surface area (Å²) in [4.78, 5) is 74.4. The Balaban J connectivity index is 0.000000399. The third kappa shape index (κ3) is 6.50. The number of aliphatic hydroxyl groups is 3. The largest absolute Gasteiger partial charge is 0.481 e. The highest BCUT2D eigenvalue weighted by Gasteiger charge is 2.91. The number of carboxylic acid groups (broad SMARTS) is 3. The van der Waals surface area contributed by atoms with Crippen LogP contribution in [-0.2, 0) is 47.7 Å². The Hall–Kier alpha value is -4.08. The van der Waals surface area contributed by atoms with Gasteiger partial charge in [0.05, 0.1) is 66.6 Å². The zero-order chi connectivity index (χ0) is 46.4. The molecule has 3 unspecified atom stereocenters. The van der Waals surface area contributed by atoms with Crippen molar-refractivity contribution in [1.82, 2.24) is 4.90 Å². The van der Waals surface area contributed by atoms with Crippen molar-refractivity contribution in [2.75, 3.05) is 53.0 Å². The number of carboxylic acids is 3. The molecule has 7 aliphatic rings. The molecule has 7 bridgehead atoms. The van der Waals surface area contributed by atoms with Crippen molar-refractivity contribution < 1.29 is 83.1 Å². The molecule has 1 aromatic rings. The SMILES string of the molecule is CCN1C[C@@]2(COC(=O)c3ccccc3N3C(=O)CC(C)(C)C3=O)CC[C@H](OC)[C@@]34C2C(OC)[C@](O)(C13)[C@@]1(O)C[C@H](OC)[C@H]2C[C@@H]4[C@@H]1[C@H]2OC.O=C(O)CC(O)(CC(=O)O)C(=O)O. The van der Waals surface area contributed by atoms with E-state index in [4.69, 9.17) is 44.1 Å². The first-order valence-corrected chi connectivity index (χ1v) is 21.4. The fourth-order valence-electron chi connectivity index (χ4n) is 14.0. The topological polar surface area (TPSA) is 276 Å². The summed E-state index contributed by atoms with van der Waals surface area (Å²) < 4.78 is 31.4. The molecule has 1 aromatic carbocycles. The number of likely N-dealkylation sites (tertiary alicyclic amines) is 1. The Bertz CT molecular complexity index is 2030. The lowest BCUT2D eigenvalue weighted by Crippen LogP contribution is -2.82. The monoisotopic (exact) mass is 888 g/mol. The van der Waals surface area contributed by atoms with E-state index < -0.39 is 81.9 Å². The van der Waals surface area contributed by atoms with Crippen molar-refractivity contribution in [3.05, 3.63) is 29.8 Å². The lowest BCUT2D eigenvalue weighted by Gasteiger charge is -2.70. The number of hydrogen-bond acceptors (Lipinski definition) is 15. The summed E-state index contributed by atoms with van der Waals surface area (Å²) in [5.41, 5.74) is -7.81. The number of hydrogen-bond donors (Lipinski definition) is 6. The Labute approximate surface area is 364 Å². The van der Waals surface area contributed by atoms with Gasteiger partial charge in [0, 0.05) is 76.4 Å². The normalized spacial score (nSPS) is 39.4. The summed E-state index contributed by atoms with van der Waals surface area (Å²) in [6.45, 7) is 6.69. The molecule has 2 heterocycles. The first kappa shape index (κ1) is 46.9. The van der Waals surface area contributed by atoms with Gasteiger partial charge in [-0.05, 0) is 43.9 Å². The maximum atomic E-state index is 14.1. The second-order valence-corrected chi connectivity index (χ2v) is 19.4. The van der Waals surface area contributed by atoms with Gasteiger partial charge in [-0.15, -0.1) is 0 Å². The Morgan fingerprint density at radius 2 is 1.57 bits per heavy atom. The molecule has 1 spiro atoms. The summed E-state index contributed by atoms with van der Waals surface area (Å²) in [7, 11) is 6.70. The molecule has 2 amide bonds. The molecule has 13 atom stereocenters. The average molecular weight is 889 g/mol. The van der Waals surface area contributed by atoms with Crippen molar-refractivity contribution in [1.29, 1.82) is 0 Å². The van der Waals surface area contributed by atoms with Crippen molar-refractivity contribution in [3.8, 4) is 0 Å². The van der Waals surface area contributed by atoms with Crippen LogP contribution >= 0.6 is 0 Å². The number of carbonyl (C=O) groups is 6. The number of esters is 1. The highest BCUT2D eigenvalue weighted by molar-refractivity contribution is 6.24. The second kappa shape index (κ2) is 16.1. The average Bonchev–Trinajstić information content (AvgIpc) is 3.72. The summed E-state index contributed by atoms with van der Waals surface area (Å²) in [5.74, 6) is -7.08. The van der Waals surface area contributed by atoms with Crippen LogP contribution in [0.15, 0.2) is 24.3 Å². The van der Waals surface area contributed by atoms with E-state index in [1.165, 1.54) is 0 Å².